The van der Waals surface area contributed by atoms with Crippen LogP contribution in [0.2, 0.25) is 0 Å². The summed E-state index contributed by atoms with van der Waals surface area (Å²) in [5, 5.41) is 2.20. The molecule has 8 nitrogen and oxygen atoms in total. The van der Waals surface area contributed by atoms with Gasteiger partial charge in [0, 0.05) is 25.6 Å². The molecule has 2 aliphatic heterocycles. The van der Waals surface area contributed by atoms with Gasteiger partial charge in [-0.2, -0.15) is 0 Å². The van der Waals surface area contributed by atoms with Gasteiger partial charge in [0.1, 0.15) is 6.04 Å². The molecule has 8 heteroatoms. The van der Waals surface area contributed by atoms with Crippen LogP contribution < -0.4 is 11.1 Å². The Balaban J connectivity index is 1.89. The Hall–Kier alpha value is -2.58. The van der Waals surface area contributed by atoms with Gasteiger partial charge in [0.2, 0.25) is 11.8 Å². The van der Waals surface area contributed by atoms with Crippen LogP contribution in [0.25, 0.3) is 0 Å². The molecule has 3 rings (SSSR count). The summed E-state index contributed by atoms with van der Waals surface area (Å²) in [5.74, 6) is -1.96. The van der Waals surface area contributed by atoms with Gasteiger partial charge in [-0.25, -0.2) is 0 Å². The van der Waals surface area contributed by atoms with Crippen LogP contribution in [0.3, 0.4) is 0 Å². The van der Waals surface area contributed by atoms with Crippen LogP contribution in [-0.2, 0) is 16.1 Å². The molecule has 26 heavy (non-hydrogen) atoms. The molecule has 0 aromatic heterocycles. The molecule has 3 N–H and O–H groups in total. The summed E-state index contributed by atoms with van der Waals surface area (Å²) >= 11 is 0. The van der Waals surface area contributed by atoms with Crippen LogP contribution in [0.4, 0.5) is 0 Å². The van der Waals surface area contributed by atoms with E-state index in [2.05, 4.69) is 5.32 Å². The lowest BCUT2D eigenvalue weighted by atomic mass is 10.0. The lowest BCUT2D eigenvalue weighted by molar-refractivity contribution is -0.136. The summed E-state index contributed by atoms with van der Waals surface area (Å²) in [7, 11) is 1.89. The largest absolute Gasteiger partial charge is 0.327 e. The Kier molecular flexibility index (Phi) is 4.88. The summed E-state index contributed by atoms with van der Waals surface area (Å²) in [6, 6.07) is 4.16. The van der Waals surface area contributed by atoms with Gasteiger partial charge in [-0.1, -0.05) is 12.1 Å². The third-order valence-electron chi connectivity index (χ3n) is 4.59. The number of hydrogen-bond acceptors (Lipinski definition) is 6. The normalized spacial score (nSPS) is 21.2. The molecule has 1 aromatic rings. The van der Waals surface area contributed by atoms with Crippen LogP contribution in [0, 0.1) is 0 Å². The molecule has 0 spiro atoms. The molecule has 0 saturated carbocycles. The third kappa shape index (κ3) is 3.25. The highest BCUT2D eigenvalue weighted by atomic mass is 16.2. The molecule has 1 aromatic carbocycles. The fourth-order valence-electron chi connectivity index (χ4n) is 3.56. The van der Waals surface area contributed by atoms with Crippen molar-refractivity contribution in [1.29, 1.82) is 0 Å². The van der Waals surface area contributed by atoms with E-state index in [-0.39, 0.29) is 24.8 Å². The van der Waals surface area contributed by atoms with E-state index in [9.17, 15) is 19.2 Å². The zero-order chi connectivity index (χ0) is 19.0. The molecular formula is C18H22N4O4. The number of rotatable bonds is 5. The molecule has 2 heterocycles. The first-order valence-corrected chi connectivity index (χ1v) is 8.57. The highest BCUT2D eigenvalue weighted by Crippen LogP contribution is 2.30. The first-order valence-electron chi connectivity index (χ1n) is 8.57. The fraction of sp³-hybridized carbons (Fsp3) is 0.444. The topological polar surface area (TPSA) is 113 Å². The molecule has 0 radical (unpaired) electrons. The minimum atomic E-state index is -0.949. The molecule has 1 fully saturated rings. The number of fused-ring (bicyclic) bond motifs is 1. The van der Waals surface area contributed by atoms with Gasteiger partial charge in [-0.05, 0) is 32.0 Å². The lowest BCUT2D eigenvalue weighted by Gasteiger charge is -2.28. The highest BCUT2D eigenvalue weighted by Gasteiger charge is 2.45. The predicted octanol–water partition coefficient (Wildman–Crippen LogP) is -0.133. The molecule has 0 bridgehead atoms. The zero-order valence-electron chi connectivity index (χ0n) is 14.8. The maximum Gasteiger partial charge on any atom is 0.262 e. The highest BCUT2D eigenvalue weighted by molar-refractivity contribution is 6.24. The molecule has 0 aliphatic carbocycles. The number of nitrogens with one attached hydrogen (secondary N) is 1. The van der Waals surface area contributed by atoms with Crippen molar-refractivity contribution in [3.05, 3.63) is 34.9 Å². The number of nitrogens with zero attached hydrogens (tertiary/aromatic N) is 2. The average Bonchev–Trinajstić information content (AvgIpc) is 2.79. The maximum atomic E-state index is 13.0. The van der Waals surface area contributed by atoms with Crippen LogP contribution in [0.1, 0.15) is 46.0 Å². The monoisotopic (exact) mass is 358 g/mol. The number of imide groups is 2. The van der Waals surface area contributed by atoms with Gasteiger partial charge >= 0.3 is 0 Å². The Bertz CT molecular complexity index is 789. The summed E-state index contributed by atoms with van der Waals surface area (Å²) in [5.41, 5.74) is 7.16. The number of hydrogen-bond donors (Lipinski definition) is 2. The van der Waals surface area contributed by atoms with E-state index in [1.165, 1.54) is 0 Å². The molecule has 4 amide bonds. The summed E-state index contributed by atoms with van der Waals surface area (Å²) in [4.78, 5) is 52.1. The van der Waals surface area contributed by atoms with Gasteiger partial charge in [0.25, 0.3) is 11.8 Å². The van der Waals surface area contributed by atoms with Gasteiger partial charge in [0.05, 0.1) is 11.1 Å². The Morgan fingerprint density at radius 2 is 2.00 bits per heavy atom. The van der Waals surface area contributed by atoms with Gasteiger partial charge in [0.15, 0.2) is 0 Å². The van der Waals surface area contributed by atoms with Crippen LogP contribution in [-0.4, -0.2) is 59.1 Å². The lowest BCUT2D eigenvalue weighted by Crippen LogP contribution is -2.54. The van der Waals surface area contributed by atoms with Crippen molar-refractivity contribution in [3.63, 3.8) is 0 Å². The number of benzene rings is 1. The van der Waals surface area contributed by atoms with Crippen molar-refractivity contribution in [2.75, 3.05) is 13.6 Å². The second-order valence-corrected chi connectivity index (χ2v) is 6.96. The molecule has 138 valence electrons. The van der Waals surface area contributed by atoms with Gasteiger partial charge < -0.3 is 10.6 Å². The molecular weight excluding hydrogens is 336 g/mol. The Morgan fingerprint density at radius 1 is 1.27 bits per heavy atom. The SMILES string of the molecule is C[C@@H](N)CN(C)Cc1cccc2c1C(=O)N(C1CCC(=O)NC1=O)C2=O. The predicted molar refractivity (Wildman–Crippen MR) is 93.1 cm³/mol. The van der Waals surface area contributed by atoms with Crippen molar-refractivity contribution in [2.24, 2.45) is 5.73 Å². The van der Waals surface area contributed by atoms with Crippen LogP contribution in [0.5, 0.6) is 0 Å². The number of likely N-dealkylation sites (N-methyl/N-ethyl adjacent to an activating group) is 1. The minimum Gasteiger partial charge on any atom is -0.327 e. The van der Waals surface area contributed by atoms with E-state index in [4.69, 9.17) is 5.73 Å². The second-order valence-electron chi connectivity index (χ2n) is 6.96. The van der Waals surface area contributed by atoms with E-state index in [0.717, 1.165) is 10.5 Å². The van der Waals surface area contributed by atoms with E-state index in [1.54, 1.807) is 18.2 Å². The zero-order valence-corrected chi connectivity index (χ0v) is 14.8. The van der Waals surface area contributed by atoms with Gasteiger partial charge in [-0.3, -0.25) is 29.4 Å². The van der Waals surface area contributed by atoms with Crippen molar-refractivity contribution in [3.8, 4) is 0 Å². The van der Waals surface area contributed by atoms with E-state index in [1.807, 2.05) is 18.9 Å². The molecule has 1 unspecified atom stereocenters. The van der Waals surface area contributed by atoms with Crippen LogP contribution in [0.15, 0.2) is 18.2 Å². The Labute approximate surface area is 151 Å². The molecule has 2 atom stereocenters. The summed E-state index contributed by atoms with van der Waals surface area (Å²) in [6.07, 6.45) is 0.254. The number of carbonyl (C=O) groups is 4. The van der Waals surface area contributed by atoms with Crippen LogP contribution >= 0.6 is 0 Å². The number of amides is 4. The first-order chi connectivity index (χ1) is 12.3. The number of carbonyl (C=O) groups excluding carboxylic acids is 4. The second kappa shape index (κ2) is 6.97. The van der Waals surface area contributed by atoms with E-state index < -0.39 is 23.8 Å². The van der Waals surface area contributed by atoms with E-state index in [0.29, 0.717) is 24.2 Å². The summed E-state index contributed by atoms with van der Waals surface area (Å²) in [6.45, 7) is 3.00. The average molecular weight is 358 g/mol. The molecule has 2 aliphatic rings. The molecule has 1 saturated heterocycles. The number of nitrogens with two attached hydrogens (primary N) is 1. The van der Waals surface area contributed by atoms with Crippen molar-refractivity contribution >= 4 is 23.6 Å². The first kappa shape index (κ1) is 18.2. The maximum absolute atomic E-state index is 13.0. The van der Waals surface area contributed by atoms with Crippen molar-refractivity contribution in [2.45, 2.75) is 38.4 Å². The fourth-order valence-corrected chi connectivity index (χ4v) is 3.56. The third-order valence-corrected chi connectivity index (χ3v) is 4.59. The smallest absolute Gasteiger partial charge is 0.262 e. The standard InChI is InChI=1S/C18H22N4O4/c1-10(19)8-21(2)9-11-4-3-5-12-15(11)18(26)22(17(12)25)13-6-7-14(23)20-16(13)24/h3-5,10,13H,6-9,19H2,1-2H3,(H,20,23,24)/t10-,13?/m1/s1. The van der Waals surface area contributed by atoms with Crippen molar-refractivity contribution in [1.82, 2.24) is 15.1 Å². The van der Waals surface area contributed by atoms with Crippen molar-refractivity contribution < 1.29 is 19.2 Å². The van der Waals surface area contributed by atoms with E-state index >= 15 is 0 Å². The number of piperidine rings is 1. The van der Waals surface area contributed by atoms with Gasteiger partial charge in [-0.15, -0.1) is 0 Å². The quantitative estimate of drug-likeness (QED) is 0.709. The minimum absolute atomic E-state index is 0.0194. The summed E-state index contributed by atoms with van der Waals surface area (Å²) < 4.78 is 0. The Morgan fingerprint density at radius 3 is 2.65 bits per heavy atom.